The Kier molecular flexibility index (Phi) is 2.53. The lowest BCUT2D eigenvalue weighted by molar-refractivity contribution is 0.834. The highest BCUT2D eigenvalue weighted by atomic mass is 15.2. The van der Waals surface area contributed by atoms with Crippen molar-refractivity contribution in [2.45, 2.75) is 13.5 Å². The van der Waals surface area contributed by atoms with Crippen LogP contribution in [-0.4, -0.2) is 20.2 Å². The zero-order valence-corrected chi connectivity index (χ0v) is 10.0. The van der Waals surface area contributed by atoms with Gasteiger partial charge in [-0.3, -0.25) is 0 Å². The van der Waals surface area contributed by atoms with E-state index in [1.54, 1.807) is 6.20 Å². The van der Waals surface area contributed by atoms with Crippen LogP contribution >= 0.6 is 0 Å². The molecule has 1 aromatic carbocycles. The van der Waals surface area contributed by atoms with E-state index in [0.29, 0.717) is 12.4 Å². The minimum atomic E-state index is 0.305. The number of aromatic nitrogens is 4. The van der Waals surface area contributed by atoms with Crippen molar-refractivity contribution in [3.63, 3.8) is 0 Å². The first-order valence-electron chi connectivity index (χ1n) is 5.74. The first-order chi connectivity index (χ1) is 8.76. The van der Waals surface area contributed by atoms with Crippen LogP contribution in [0.25, 0.3) is 22.3 Å². The Morgan fingerprint density at radius 2 is 2.11 bits per heavy atom. The van der Waals surface area contributed by atoms with Crippen LogP contribution in [0, 0.1) is 6.92 Å². The molecule has 18 heavy (non-hydrogen) atoms. The number of fused-ring (bicyclic) bond motifs is 1. The third kappa shape index (κ3) is 1.84. The molecule has 0 aliphatic rings. The van der Waals surface area contributed by atoms with E-state index in [9.17, 15) is 0 Å². The molecule has 0 saturated heterocycles. The number of nitrogens with two attached hydrogens (primary N) is 1. The summed E-state index contributed by atoms with van der Waals surface area (Å²) in [6, 6.07) is 8.31. The molecule has 0 saturated carbocycles. The van der Waals surface area contributed by atoms with Gasteiger partial charge in [-0.2, -0.15) is 0 Å². The zero-order valence-electron chi connectivity index (χ0n) is 10.0. The van der Waals surface area contributed by atoms with Crippen molar-refractivity contribution in [1.82, 2.24) is 20.2 Å². The summed E-state index contributed by atoms with van der Waals surface area (Å²) in [5, 5.41) is 9.23. The second-order valence-corrected chi connectivity index (χ2v) is 4.24. The molecule has 90 valence electrons. The number of H-pyrrole nitrogens is 1. The number of hydrogen-bond donors (Lipinski definition) is 2. The number of nitrogens with zero attached hydrogens (tertiary/aromatic N) is 3. The summed E-state index contributed by atoms with van der Waals surface area (Å²) in [7, 11) is 0. The normalized spacial score (nSPS) is 11.0. The Labute approximate surface area is 104 Å². The molecule has 3 rings (SSSR count). The largest absolute Gasteiger partial charge is 0.353 e. The van der Waals surface area contributed by atoms with Crippen molar-refractivity contribution in [3.05, 3.63) is 41.9 Å². The van der Waals surface area contributed by atoms with Gasteiger partial charge in [-0.25, -0.2) is 4.98 Å². The summed E-state index contributed by atoms with van der Waals surface area (Å²) < 4.78 is 0. The lowest BCUT2D eigenvalue weighted by atomic mass is 10.2. The molecule has 0 spiro atoms. The lowest BCUT2D eigenvalue weighted by Crippen LogP contribution is -2.04. The van der Waals surface area contributed by atoms with Gasteiger partial charge in [0.25, 0.3) is 0 Å². The van der Waals surface area contributed by atoms with Gasteiger partial charge in [0.1, 0.15) is 5.69 Å². The number of aromatic amines is 1. The maximum absolute atomic E-state index is 5.44. The van der Waals surface area contributed by atoms with Crippen LogP contribution in [-0.2, 0) is 6.54 Å². The topological polar surface area (TPSA) is 80.5 Å². The molecule has 0 unspecified atom stereocenters. The molecule has 0 aliphatic heterocycles. The molecule has 0 amide bonds. The molecule has 0 atom stereocenters. The number of hydrogen-bond acceptors (Lipinski definition) is 4. The first-order valence-corrected chi connectivity index (χ1v) is 5.74. The van der Waals surface area contributed by atoms with Crippen LogP contribution in [0.3, 0.4) is 0 Å². The molecule has 0 aliphatic carbocycles. The number of benzene rings is 1. The number of rotatable bonds is 2. The van der Waals surface area contributed by atoms with E-state index in [2.05, 4.69) is 51.4 Å². The van der Waals surface area contributed by atoms with E-state index in [1.807, 2.05) is 0 Å². The van der Waals surface area contributed by atoms with Gasteiger partial charge >= 0.3 is 0 Å². The van der Waals surface area contributed by atoms with Gasteiger partial charge in [-0.15, -0.1) is 10.2 Å². The van der Waals surface area contributed by atoms with E-state index in [1.165, 1.54) is 5.56 Å². The monoisotopic (exact) mass is 239 g/mol. The highest BCUT2D eigenvalue weighted by Gasteiger charge is 2.06. The van der Waals surface area contributed by atoms with E-state index < -0.39 is 0 Å². The van der Waals surface area contributed by atoms with Crippen molar-refractivity contribution in [1.29, 1.82) is 0 Å². The summed E-state index contributed by atoms with van der Waals surface area (Å²) in [4.78, 5) is 7.45. The minimum absolute atomic E-state index is 0.305. The smallest absolute Gasteiger partial charge is 0.164 e. The number of nitrogens with one attached hydrogen (secondary N) is 1. The Balaban J connectivity index is 2.07. The Bertz CT molecular complexity index is 684. The summed E-state index contributed by atoms with van der Waals surface area (Å²) in [6.07, 6.45) is 1.69. The average molecular weight is 239 g/mol. The molecule has 3 aromatic rings. The van der Waals surface area contributed by atoms with Gasteiger partial charge in [-0.1, -0.05) is 11.6 Å². The summed E-state index contributed by atoms with van der Waals surface area (Å²) >= 11 is 0. The van der Waals surface area contributed by atoms with Gasteiger partial charge in [-0.05, 0) is 25.1 Å². The standard InChI is InChI=1S/C13H13N5/c1-8-2-3-10-9(4-8)5-11(16-10)12-7-15-13(6-14)18-17-12/h2-5,7,16H,6,14H2,1H3. The maximum Gasteiger partial charge on any atom is 0.164 e. The van der Waals surface area contributed by atoms with Gasteiger partial charge in [0.2, 0.25) is 0 Å². The van der Waals surface area contributed by atoms with Gasteiger partial charge < -0.3 is 10.7 Å². The predicted octanol–water partition coefficient (Wildman–Crippen LogP) is 1.79. The molecule has 0 fully saturated rings. The highest BCUT2D eigenvalue weighted by Crippen LogP contribution is 2.22. The molecule has 0 bridgehead atoms. The Morgan fingerprint density at radius 3 is 2.83 bits per heavy atom. The van der Waals surface area contributed by atoms with Crippen LogP contribution in [0.1, 0.15) is 11.4 Å². The molecule has 5 heteroatoms. The minimum Gasteiger partial charge on any atom is -0.353 e. The zero-order chi connectivity index (χ0) is 12.5. The van der Waals surface area contributed by atoms with Gasteiger partial charge in [0, 0.05) is 10.9 Å². The van der Waals surface area contributed by atoms with Crippen LogP contribution in [0.15, 0.2) is 30.5 Å². The Hall–Kier alpha value is -2.27. The molecule has 5 nitrogen and oxygen atoms in total. The van der Waals surface area contributed by atoms with Crippen LogP contribution < -0.4 is 5.73 Å². The van der Waals surface area contributed by atoms with E-state index in [4.69, 9.17) is 5.73 Å². The number of aryl methyl sites for hydroxylation is 1. The Morgan fingerprint density at radius 1 is 1.22 bits per heavy atom. The molecule has 3 N–H and O–H groups in total. The van der Waals surface area contributed by atoms with Crippen LogP contribution in [0.2, 0.25) is 0 Å². The second kappa shape index (κ2) is 4.19. The maximum atomic E-state index is 5.44. The molecular weight excluding hydrogens is 226 g/mol. The van der Waals surface area contributed by atoms with E-state index >= 15 is 0 Å². The van der Waals surface area contributed by atoms with Crippen molar-refractivity contribution < 1.29 is 0 Å². The fraction of sp³-hybridized carbons (Fsp3) is 0.154. The summed E-state index contributed by atoms with van der Waals surface area (Å²) in [6.45, 7) is 2.38. The molecule has 2 heterocycles. The first kappa shape index (κ1) is 10.9. The lowest BCUT2D eigenvalue weighted by Gasteiger charge is -1.96. The predicted molar refractivity (Wildman–Crippen MR) is 69.7 cm³/mol. The quantitative estimate of drug-likeness (QED) is 0.714. The summed E-state index contributed by atoms with van der Waals surface area (Å²) in [5.74, 6) is 0.547. The third-order valence-corrected chi connectivity index (χ3v) is 2.84. The van der Waals surface area contributed by atoms with Crippen molar-refractivity contribution >= 4 is 10.9 Å². The van der Waals surface area contributed by atoms with Crippen LogP contribution in [0.4, 0.5) is 0 Å². The van der Waals surface area contributed by atoms with E-state index in [0.717, 1.165) is 22.3 Å². The molecule has 2 aromatic heterocycles. The van der Waals surface area contributed by atoms with Gasteiger partial charge in [0.05, 0.1) is 18.4 Å². The fourth-order valence-electron chi connectivity index (χ4n) is 1.91. The summed E-state index contributed by atoms with van der Waals surface area (Å²) in [5.41, 5.74) is 9.40. The average Bonchev–Trinajstić information content (AvgIpc) is 2.81. The van der Waals surface area contributed by atoms with Crippen molar-refractivity contribution in [3.8, 4) is 11.4 Å². The SMILES string of the molecule is Cc1ccc2[nH]c(-c3cnc(CN)nn3)cc2c1. The molecule has 0 radical (unpaired) electrons. The van der Waals surface area contributed by atoms with E-state index in [-0.39, 0.29) is 0 Å². The fourth-order valence-corrected chi connectivity index (χ4v) is 1.91. The van der Waals surface area contributed by atoms with Crippen LogP contribution in [0.5, 0.6) is 0 Å². The van der Waals surface area contributed by atoms with Crippen molar-refractivity contribution in [2.75, 3.05) is 0 Å². The second-order valence-electron chi connectivity index (χ2n) is 4.24. The molecular formula is C13H13N5. The highest BCUT2D eigenvalue weighted by molar-refractivity contribution is 5.85. The van der Waals surface area contributed by atoms with Crippen molar-refractivity contribution in [2.24, 2.45) is 5.73 Å². The third-order valence-electron chi connectivity index (χ3n) is 2.84. The van der Waals surface area contributed by atoms with Gasteiger partial charge in [0.15, 0.2) is 5.82 Å².